The molecule has 3 rings (SSSR count). The van der Waals surface area contributed by atoms with E-state index in [0.717, 1.165) is 44.6 Å². The van der Waals surface area contributed by atoms with E-state index in [4.69, 9.17) is 0 Å². The number of rotatable bonds is 4. The fourth-order valence-corrected chi connectivity index (χ4v) is 2.94. The summed E-state index contributed by atoms with van der Waals surface area (Å²) in [6, 6.07) is 5.74. The van der Waals surface area contributed by atoms with E-state index in [1.165, 1.54) is 5.56 Å². The molecule has 0 aromatic heterocycles. The zero-order valence-electron chi connectivity index (χ0n) is 12.2. The van der Waals surface area contributed by atoms with Crippen molar-refractivity contribution in [3.8, 4) is 0 Å². The quantitative estimate of drug-likeness (QED) is 0.880. The van der Waals surface area contributed by atoms with E-state index >= 15 is 0 Å². The van der Waals surface area contributed by atoms with Gasteiger partial charge in [0, 0.05) is 43.9 Å². The summed E-state index contributed by atoms with van der Waals surface area (Å²) in [6.45, 7) is 3.07. The molecule has 21 heavy (non-hydrogen) atoms. The molecule has 0 unspecified atom stereocenters. The van der Waals surface area contributed by atoms with Crippen molar-refractivity contribution in [2.45, 2.75) is 25.7 Å². The van der Waals surface area contributed by atoms with Gasteiger partial charge in [0.05, 0.1) is 0 Å². The van der Waals surface area contributed by atoms with Crippen molar-refractivity contribution in [1.82, 2.24) is 10.2 Å². The lowest BCUT2D eigenvalue weighted by atomic mass is 10.1. The Morgan fingerprint density at radius 3 is 2.86 bits per heavy atom. The van der Waals surface area contributed by atoms with Crippen LogP contribution in [0.3, 0.4) is 0 Å². The van der Waals surface area contributed by atoms with Gasteiger partial charge >= 0.3 is 0 Å². The molecular formula is C16H21N3O2. The third-order valence-electron chi connectivity index (χ3n) is 4.17. The van der Waals surface area contributed by atoms with Gasteiger partial charge in [0.15, 0.2) is 0 Å². The Morgan fingerprint density at radius 1 is 1.24 bits per heavy atom. The third kappa shape index (κ3) is 3.17. The molecular weight excluding hydrogens is 266 g/mol. The summed E-state index contributed by atoms with van der Waals surface area (Å²) in [7, 11) is 0. The second-order valence-corrected chi connectivity index (χ2v) is 5.64. The summed E-state index contributed by atoms with van der Waals surface area (Å²) < 4.78 is 0. The summed E-state index contributed by atoms with van der Waals surface area (Å²) in [5.41, 5.74) is 2.96. The standard InChI is InChI=1S/C16H21N3O2/c20-15(19-9-1-2-10-19)6-8-18-16(21)13-4-3-12-5-7-17-14(12)11-13/h3-4,11,17H,1-2,5-10H2,(H,18,21). The molecule has 0 bridgehead atoms. The number of benzene rings is 1. The van der Waals surface area contributed by atoms with E-state index in [0.29, 0.717) is 18.5 Å². The fourth-order valence-electron chi connectivity index (χ4n) is 2.94. The van der Waals surface area contributed by atoms with Crippen LogP contribution in [0.5, 0.6) is 0 Å². The molecule has 2 aliphatic rings. The lowest BCUT2D eigenvalue weighted by Crippen LogP contribution is -2.32. The number of carbonyl (C=O) groups excluding carboxylic acids is 2. The van der Waals surface area contributed by atoms with Crippen molar-refractivity contribution in [2.24, 2.45) is 0 Å². The normalized spacial score (nSPS) is 16.5. The van der Waals surface area contributed by atoms with Crippen LogP contribution in [0.2, 0.25) is 0 Å². The number of likely N-dealkylation sites (tertiary alicyclic amines) is 1. The van der Waals surface area contributed by atoms with Crippen molar-refractivity contribution < 1.29 is 9.59 Å². The highest BCUT2D eigenvalue weighted by atomic mass is 16.2. The summed E-state index contributed by atoms with van der Waals surface area (Å²) >= 11 is 0. The molecule has 2 aliphatic heterocycles. The van der Waals surface area contributed by atoms with Gasteiger partial charge in [0.1, 0.15) is 0 Å². The van der Waals surface area contributed by atoms with E-state index in [-0.39, 0.29) is 11.8 Å². The molecule has 0 aliphatic carbocycles. The first-order valence-corrected chi connectivity index (χ1v) is 7.67. The summed E-state index contributed by atoms with van der Waals surface area (Å²) in [5, 5.41) is 6.10. The maximum absolute atomic E-state index is 12.1. The molecule has 112 valence electrons. The Kier molecular flexibility index (Phi) is 4.08. The van der Waals surface area contributed by atoms with E-state index in [1.807, 2.05) is 23.1 Å². The fraction of sp³-hybridized carbons (Fsp3) is 0.500. The van der Waals surface area contributed by atoms with Gasteiger partial charge in [-0.05, 0) is 37.0 Å². The monoisotopic (exact) mass is 287 g/mol. The Morgan fingerprint density at radius 2 is 2.05 bits per heavy atom. The molecule has 5 heteroatoms. The predicted molar refractivity (Wildman–Crippen MR) is 81.4 cm³/mol. The van der Waals surface area contributed by atoms with Gasteiger partial charge < -0.3 is 15.5 Å². The average Bonchev–Trinajstić information content (AvgIpc) is 3.17. The van der Waals surface area contributed by atoms with E-state index in [9.17, 15) is 9.59 Å². The Labute approximate surface area is 124 Å². The second-order valence-electron chi connectivity index (χ2n) is 5.64. The van der Waals surface area contributed by atoms with E-state index in [2.05, 4.69) is 10.6 Å². The minimum atomic E-state index is -0.110. The van der Waals surface area contributed by atoms with Gasteiger partial charge in [-0.1, -0.05) is 6.07 Å². The molecule has 0 spiro atoms. The largest absolute Gasteiger partial charge is 0.384 e. The van der Waals surface area contributed by atoms with Gasteiger partial charge in [0.25, 0.3) is 5.91 Å². The van der Waals surface area contributed by atoms with Crippen molar-refractivity contribution in [3.05, 3.63) is 29.3 Å². The van der Waals surface area contributed by atoms with Gasteiger partial charge in [0.2, 0.25) is 5.91 Å². The first-order chi connectivity index (χ1) is 10.2. The molecule has 2 heterocycles. The number of fused-ring (bicyclic) bond motifs is 1. The number of carbonyl (C=O) groups is 2. The van der Waals surface area contributed by atoms with E-state index in [1.54, 1.807) is 0 Å². The molecule has 5 nitrogen and oxygen atoms in total. The molecule has 2 amide bonds. The Bertz CT molecular complexity index is 550. The predicted octanol–water partition coefficient (Wildman–Crippen LogP) is 1.40. The van der Waals surface area contributed by atoms with Crippen LogP contribution in [0.15, 0.2) is 18.2 Å². The van der Waals surface area contributed by atoms with Gasteiger partial charge in [-0.3, -0.25) is 9.59 Å². The van der Waals surface area contributed by atoms with Crippen molar-refractivity contribution in [2.75, 3.05) is 31.5 Å². The molecule has 2 N–H and O–H groups in total. The SMILES string of the molecule is O=C(NCCC(=O)N1CCCC1)c1ccc2c(c1)NCC2. The number of nitrogens with zero attached hydrogens (tertiary/aromatic N) is 1. The highest BCUT2D eigenvalue weighted by Crippen LogP contribution is 2.23. The molecule has 1 aromatic carbocycles. The van der Waals surface area contributed by atoms with Crippen LogP contribution in [0, 0.1) is 0 Å². The van der Waals surface area contributed by atoms with Crippen LogP contribution in [0.25, 0.3) is 0 Å². The number of hydrogen-bond acceptors (Lipinski definition) is 3. The van der Waals surface area contributed by atoms with Crippen LogP contribution in [0.4, 0.5) is 5.69 Å². The summed E-state index contributed by atoms with van der Waals surface area (Å²) in [6.07, 6.45) is 3.59. The third-order valence-corrected chi connectivity index (χ3v) is 4.17. The zero-order chi connectivity index (χ0) is 14.7. The highest BCUT2D eigenvalue weighted by molar-refractivity contribution is 5.95. The van der Waals surface area contributed by atoms with Crippen molar-refractivity contribution in [1.29, 1.82) is 0 Å². The maximum Gasteiger partial charge on any atom is 0.251 e. The smallest absolute Gasteiger partial charge is 0.251 e. The van der Waals surface area contributed by atoms with Gasteiger partial charge in [-0.2, -0.15) is 0 Å². The lowest BCUT2D eigenvalue weighted by molar-refractivity contribution is -0.129. The molecule has 0 atom stereocenters. The zero-order valence-corrected chi connectivity index (χ0v) is 12.2. The highest BCUT2D eigenvalue weighted by Gasteiger charge is 2.18. The molecule has 0 saturated carbocycles. The Hall–Kier alpha value is -2.04. The maximum atomic E-state index is 12.1. The lowest BCUT2D eigenvalue weighted by Gasteiger charge is -2.15. The van der Waals surface area contributed by atoms with Crippen LogP contribution < -0.4 is 10.6 Å². The minimum Gasteiger partial charge on any atom is -0.384 e. The Balaban J connectivity index is 1.49. The first-order valence-electron chi connectivity index (χ1n) is 7.67. The van der Waals surface area contributed by atoms with Crippen LogP contribution in [0.1, 0.15) is 35.2 Å². The molecule has 1 aromatic rings. The molecule has 0 radical (unpaired) electrons. The van der Waals surface area contributed by atoms with Gasteiger partial charge in [-0.25, -0.2) is 0 Å². The first kappa shape index (κ1) is 13.9. The van der Waals surface area contributed by atoms with Gasteiger partial charge in [-0.15, -0.1) is 0 Å². The molecule has 1 saturated heterocycles. The number of hydrogen-bond donors (Lipinski definition) is 2. The van der Waals surface area contributed by atoms with Crippen LogP contribution in [-0.4, -0.2) is 42.9 Å². The second kappa shape index (κ2) is 6.16. The topological polar surface area (TPSA) is 61.4 Å². The summed E-state index contributed by atoms with van der Waals surface area (Å²) in [5.74, 6) is 0.0316. The molecule has 1 fully saturated rings. The summed E-state index contributed by atoms with van der Waals surface area (Å²) in [4.78, 5) is 25.8. The number of anilines is 1. The minimum absolute atomic E-state index is 0.110. The average molecular weight is 287 g/mol. The van der Waals surface area contributed by atoms with Crippen LogP contribution in [-0.2, 0) is 11.2 Å². The van der Waals surface area contributed by atoms with Crippen molar-refractivity contribution in [3.63, 3.8) is 0 Å². The van der Waals surface area contributed by atoms with Crippen molar-refractivity contribution >= 4 is 17.5 Å². The van der Waals surface area contributed by atoms with E-state index < -0.39 is 0 Å². The number of nitrogens with one attached hydrogen (secondary N) is 2. The van der Waals surface area contributed by atoms with Crippen LogP contribution >= 0.6 is 0 Å². The number of amides is 2.